The molecule has 2 heterocycles. The van der Waals surface area contributed by atoms with E-state index in [9.17, 15) is 4.79 Å². The van der Waals surface area contributed by atoms with Crippen LogP contribution in [0.15, 0.2) is 22.7 Å². The second kappa shape index (κ2) is 6.42. The average molecular weight is 369 g/mol. The molecule has 8 nitrogen and oxygen atoms in total. The van der Waals surface area contributed by atoms with Crippen LogP contribution in [0, 0.1) is 0 Å². The maximum absolute atomic E-state index is 11.4. The van der Waals surface area contributed by atoms with Crippen LogP contribution >= 0.6 is 15.9 Å². The molecule has 0 aliphatic carbocycles. The van der Waals surface area contributed by atoms with Crippen molar-refractivity contribution in [2.45, 2.75) is 6.29 Å². The van der Waals surface area contributed by atoms with E-state index in [2.05, 4.69) is 31.3 Å². The maximum Gasteiger partial charge on any atom is 0.271 e. The van der Waals surface area contributed by atoms with Crippen LogP contribution in [0.2, 0.25) is 0 Å². The van der Waals surface area contributed by atoms with Gasteiger partial charge in [-0.05, 0) is 18.2 Å². The molecule has 1 fully saturated rings. The molecule has 0 atom stereocenters. The number of H-pyrrole nitrogens is 1. The summed E-state index contributed by atoms with van der Waals surface area (Å²) in [4.78, 5) is 11.4. The van der Waals surface area contributed by atoms with Crippen molar-refractivity contribution in [2.75, 3.05) is 19.8 Å². The number of carbonyl (C=O) groups is 1. The Bertz CT molecular complexity index is 684. The second-order valence-electron chi connectivity index (χ2n) is 4.51. The van der Waals surface area contributed by atoms with Crippen molar-refractivity contribution < 1.29 is 19.0 Å². The summed E-state index contributed by atoms with van der Waals surface area (Å²) in [7, 11) is 0. The SMILES string of the molecule is NC(=O)c1n[nH]nc1-c1cc(Br)ccc1OCC1OCCO1. The number of amides is 1. The van der Waals surface area contributed by atoms with Crippen molar-refractivity contribution in [2.24, 2.45) is 5.73 Å². The third-order valence-electron chi connectivity index (χ3n) is 3.04. The first-order chi connectivity index (χ1) is 10.6. The molecule has 3 N–H and O–H groups in total. The Kier molecular flexibility index (Phi) is 4.36. The molecule has 116 valence electrons. The number of ether oxygens (including phenoxy) is 3. The van der Waals surface area contributed by atoms with E-state index in [0.717, 1.165) is 4.47 Å². The highest BCUT2D eigenvalue weighted by Crippen LogP contribution is 2.33. The number of nitrogens with two attached hydrogens (primary N) is 1. The van der Waals surface area contributed by atoms with Gasteiger partial charge in [-0.15, -0.1) is 0 Å². The number of rotatable bonds is 5. The predicted molar refractivity (Wildman–Crippen MR) is 79.2 cm³/mol. The number of nitrogens with one attached hydrogen (secondary N) is 1. The van der Waals surface area contributed by atoms with Gasteiger partial charge < -0.3 is 19.9 Å². The van der Waals surface area contributed by atoms with Gasteiger partial charge in [-0.2, -0.15) is 15.4 Å². The summed E-state index contributed by atoms with van der Waals surface area (Å²) in [5.41, 5.74) is 6.28. The number of hydrogen-bond donors (Lipinski definition) is 2. The van der Waals surface area contributed by atoms with Gasteiger partial charge in [0.15, 0.2) is 12.0 Å². The zero-order chi connectivity index (χ0) is 15.5. The fraction of sp³-hybridized carbons (Fsp3) is 0.308. The molecule has 1 aliphatic heterocycles. The number of aromatic nitrogens is 3. The third-order valence-corrected chi connectivity index (χ3v) is 3.54. The molecule has 0 radical (unpaired) electrons. The van der Waals surface area contributed by atoms with Crippen LogP contribution in [0.5, 0.6) is 5.75 Å². The van der Waals surface area contributed by atoms with Crippen LogP contribution in [0.25, 0.3) is 11.3 Å². The summed E-state index contributed by atoms with van der Waals surface area (Å²) in [6.45, 7) is 1.34. The van der Waals surface area contributed by atoms with E-state index in [1.165, 1.54) is 0 Å². The topological polar surface area (TPSA) is 112 Å². The Morgan fingerprint density at radius 3 is 2.91 bits per heavy atom. The van der Waals surface area contributed by atoms with Gasteiger partial charge in [0.25, 0.3) is 5.91 Å². The average Bonchev–Trinajstić information content (AvgIpc) is 3.17. The lowest BCUT2D eigenvalue weighted by molar-refractivity contribution is -0.0683. The van der Waals surface area contributed by atoms with Crippen molar-refractivity contribution in [3.63, 3.8) is 0 Å². The fourth-order valence-electron chi connectivity index (χ4n) is 2.06. The van der Waals surface area contributed by atoms with Gasteiger partial charge >= 0.3 is 0 Å². The number of carbonyl (C=O) groups excluding carboxylic acids is 1. The number of aromatic amines is 1. The van der Waals surface area contributed by atoms with Gasteiger partial charge in [-0.3, -0.25) is 4.79 Å². The van der Waals surface area contributed by atoms with E-state index in [1.807, 2.05) is 6.07 Å². The predicted octanol–water partition coefficient (Wildman–Crippen LogP) is 1.08. The van der Waals surface area contributed by atoms with Crippen molar-refractivity contribution >= 4 is 21.8 Å². The standard InChI is InChI=1S/C13H13BrN4O4/c14-7-1-2-9(22-6-10-20-3-4-21-10)8(5-7)11-12(13(15)19)17-18-16-11/h1-2,5,10H,3-4,6H2,(H2,15,19)(H,16,17,18). The lowest BCUT2D eigenvalue weighted by atomic mass is 10.1. The number of halogens is 1. The Labute approximate surface area is 134 Å². The smallest absolute Gasteiger partial charge is 0.271 e. The number of hydrogen-bond acceptors (Lipinski definition) is 6. The molecule has 1 aromatic carbocycles. The summed E-state index contributed by atoms with van der Waals surface area (Å²) < 4.78 is 17.2. The van der Waals surface area contributed by atoms with Gasteiger partial charge in [-0.1, -0.05) is 15.9 Å². The van der Waals surface area contributed by atoms with Gasteiger partial charge in [-0.25, -0.2) is 0 Å². The van der Waals surface area contributed by atoms with E-state index in [1.54, 1.807) is 12.1 Å². The van der Waals surface area contributed by atoms with E-state index in [0.29, 0.717) is 30.2 Å². The van der Waals surface area contributed by atoms with Gasteiger partial charge in [0.2, 0.25) is 0 Å². The fourth-order valence-corrected chi connectivity index (χ4v) is 2.43. The van der Waals surface area contributed by atoms with Gasteiger partial charge in [0.1, 0.15) is 18.1 Å². The first kappa shape index (κ1) is 14.9. The highest BCUT2D eigenvalue weighted by molar-refractivity contribution is 9.10. The summed E-state index contributed by atoms with van der Waals surface area (Å²) in [5, 5.41) is 10.2. The minimum atomic E-state index is -0.669. The quantitative estimate of drug-likeness (QED) is 0.816. The molecule has 1 aromatic heterocycles. The van der Waals surface area contributed by atoms with Crippen molar-refractivity contribution in [3.05, 3.63) is 28.4 Å². The Balaban J connectivity index is 1.90. The Hall–Kier alpha value is -1.97. The summed E-state index contributed by atoms with van der Waals surface area (Å²) in [6.07, 6.45) is -0.399. The van der Waals surface area contributed by atoms with E-state index in [-0.39, 0.29) is 12.3 Å². The van der Waals surface area contributed by atoms with Crippen molar-refractivity contribution in [1.29, 1.82) is 0 Å². The number of benzene rings is 1. The molecule has 1 aliphatic rings. The van der Waals surface area contributed by atoms with Crippen LogP contribution in [0.1, 0.15) is 10.5 Å². The molecule has 3 rings (SSSR count). The normalized spacial score (nSPS) is 15.1. The van der Waals surface area contributed by atoms with Gasteiger partial charge in [0.05, 0.1) is 13.2 Å². The molecule has 0 spiro atoms. The lowest BCUT2D eigenvalue weighted by Gasteiger charge is -2.14. The first-order valence-electron chi connectivity index (χ1n) is 6.51. The molecule has 1 saturated heterocycles. The summed E-state index contributed by atoms with van der Waals surface area (Å²) >= 11 is 3.38. The maximum atomic E-state index is 11.4. The van der Waals surface area contributed by atoms with Crippen LogP contribution in [-0.4, -0.2) is 47.4 Å². The lowest BCUT2D eigenvalue weighted by Crippen LogP contribution is -2.18. The van der Waals surface area contributed by atoms with Crippen LogP contribution < -0.4 is 10.5 Å². The van der Waals surface area contributed by atoms with Crippen LogP contribution in [-0.2, 0) is 9.47 Å². The minimum Gasteiger partial charge on any atom is -0.488 e. The zero-order valence-electron chi connectivity index (χ0n) is 11.4. The Morgan fingerprint density at radius 2 is 2.18 bits per heavy atom. The molecule has 1 amide bonds. The summed E-state index contributed by atoms with van der Waals surface area (Å²) in [6, 6.07) is 5.35. The zero-order valence-corrected chi connectivity index (χ0v) is 13.0. The minimum absolute atomic E-state index is 0.0521. The number of nitrogens with zero attached hydrogens (tertiary/aromatic N) is 2. The summed E-state index contributed by atoms with van der Waals surface area (Å²) in [5.74, 6) is -0.143. The van der Waals surface area contributed by atoms with Crippen molar-refractivity contribution in [3.8, 4) is 17.0 Å². The molecular weight excluding hydrogens is 356 g/mol. The van der Waals surface area contributed by atoms with Crippen LogP contribution in [0.4, 0.5) is 0 Å². The molecule has 22 heavy (non-hydrogen) atoms. The van der Waals surface area contributed by atoms with E-state index in [4.69, 9.17) is 19.9 Å². The highest BCUT2D eigenvalue weighted by atomic mass is 79.9. The second-order valence-corrected chi connectivity index (χ2v) is 5.42. The number of primary amides is 1. The molecule has 0 unspecified atom stereocenters. The van der Waals surface area contributed by atoms with E-state index < -0.39 is 12.2 Å². The molecule has 2 aromatic rings. The molecular formula is C13H13BrN4O4. The monoisotopic (exact) mass is 368 g/mol. The highest BCUT2D eigenvalue weighted by Gasteiger charge is 2.21. The molecule has 9 heteroatoms. The largest absolute Gasteiger partial charge is 0.488 e. The molecule has 0 saturated carbocycles. The van der Waals surface area contributed by atoms with Crippen molar-refractivity contribution in [1.82, 2.24) is 15.4 Å². The molecule has 0 bridgehead atoms. The van der Waals surface area contributed by atoms with Crippen LogP contribution in [0.3, 0.4) is 0 Å². The Morgan fingerprint density at radius 1 is 1.41 bits per heavy atom. The van der Waals surface area contributed by atoms with E-state index >= 15 is 0 Å². The van der Waals surface area contributed by atoms with Gasteiger partial charge in [0, 0.05) is 10.0 Å². The first-order valence-corrected chi connectivity index (χ1v) is 7.31. The third kappa shape index (κ3) is 3.11.